The van der Waals surface area contributed by atoms with Crippen LogP contribution >= 0.6 is 12.4 Å². The summed E-state index contributed by atoms with van der Waals surface area (Å²) < 4.78 is 7.26. The summed E-state index contributed by atoms with van der Waals surface area (Å²) in [5, 5.41) is 8.36. The Kier molecular flexibility index (Phi) is 7.42. The van der Waals surface area contributed by atoms with Crippen molar-refractivity contribution in [2.45, 2.75) is 26.4 Å². The molecule has 160 valence electrons. The van der Waals surface area contributed by atoms with E-state index in [1.54, 1.807) is 6.20 Å². The number of pyridine rings is 1. The zero-order chi connectivity index (χ0) is 20.2. The number of amides is 1. The summed E-state index contributed by atoms with van der Waals surface area (Å²) in [7, 11) is 0. The van der Waals surface area contributed by atoms with Gasteiger partial charge >= 0.3 is 0 Å². The molecule has 0 saturated carbocycles. The van der Waals surface area contributed by atoms with Gasteiger partial charge in [-0.05, 0) is 26.0 Å². The van der Waals surface area contributed by atoms with Crippen LogP contribution in [0.1, 0.15) is 24.2 Å². The van der Waals surface area contributed by atoms with Gasteiger partial charge in [-0.1, -0.05) is 18.2 Å². The molecule has 3 heterocycles. The van der Waals surface area contributed by atoms with E-state index in [9.17, 15) is 4.79 Å². The second-order valence-corrected chi connectivity index (χ2v) is 7.44. The fourth-order valence-electron chi connectivity index (χ4n) is 3.70. The normalized spacial score (nSPS) is 15.5. The molecule has 2 aromatic heterocycles. The number of morpholine rings is 1. The number of carbonyl (C=O) groups excluding carboxylic acids is 1. The van der Waals surface area contributed by atoms with E-state index in [-0.39, 0.29) is 24.4 Å². The first-order valence-corrected chi connectivity index (χ1v) is 10.2. The highest BCUT2D eigenvalue weighted by molar-refractivity contribution is 6.07. The third-order valence-corrected chi connectivity index (χ3v) is 5.23. The highest BCUT2D eigenvalue weighted by atomic mass is 35.5. The minimum absolute atomic E-state index is 0. The molecule has 1 aliphatic rings. The number of benzene rings is 1. The lowest BCUT2D eigenvalue weighted by atomic mass is 10.0. The Hall–Kier alpha value is -2.48. The Labute approximate surface area is 182 Å². The molecule has 1 aliphatic heterocycles. The molecule has 0 radical (unpaired) electrons. The molecule has 0 bridgehead atoms. The van der Waals surface area contributed by atoms with Gasteiger partial charge in [-0.2, -0.15) is 5.10 Å². The topological polar surface area (TPSA) is 72.3 Å². The van der Waals surface area contributed by atoms with Crippen LogP contribution in [0.15, 0.2) is 42.7 Å². The van der Waals surface area contributed by atoms with Gasteiger partial charge in [-0.25, -0.2) is 4.98 Å². The molecule has 1 fully saturated rings. The van der Waals surface area contributed by atoms with E-state index < -0.39 is 0 Å². The number of nitrogens with one attached hydrogen (secondary N) is 1. The largest absolute Gasteiger partial charge is 0.379 e. The first-order valence-electron chi connectivity index (χ1n) is 10.2. The molecule has 0 aliphatic carbocycles. The van der Waals surface area contributed by atoms with Crippen molar-refractivity contribution < 1.29 is 9.53 Å². The molecule has 8 heteroatoms. The Morgan fingerprint density at radius 2 is 2.03 bits per heavy atom. The van der Waals surface area contributed by atoms with Gasteiger partial charge in [0.05, 0.1) is 36.2 Å². The number of aryl methyl sites for hydroxylation is 1. The van der Waals surface area contributed by atoms with Gasteiger partial charge in [-0.3, -0.25) is 14.4 Å². The molecular weight excluding hydrogens is 402 g/mol. The monoisotopic (exact) mass is 429 g/mol. The Balaban J connectivity index is 0.00000256. The minimum atomic E-state index is -0.0755. The van der Waals surface area contributed by atoms with Crippen LogP contribution < -0.4 is 5.32 Å². The number of ether oxygens (including phenoxy) is 1. The number of hydrogen-bond acceptors (Lipinski definition) is 5. The van der Waals surface area contributed by atoms with E-state index >= 15 is 0 Å². The number of para-hydroxylation sites is 1. The molecule has 4 rings (SSSR count). The van der Waals surface area contributed by atoms with Gasteiger partial charge in [0.15, 0.2) is 0 Å². The SMILES string of the molecule is CCn1cc(-c2cc(C(=O)NC(C)CN3CCOCC3)c3ccccc3n2)cn1.Cl. The fraction of sp³-hybridized carbons (Fsp3) is 0.409. The molecule has 1 saturated heterocycles. The van der Waals surface area contributed by atoms with Gasteiger partial charge in [0.1, 0.15) is 0 Å². The molecule has 1 unspecified atom stereocenters. The van der Waals surface area contributed by atoms with Gasteiger partial charge in [0.25, 0.3) is 5.91 Å². The summed E-state index contributed by atoms with van der Waals surface area (Å²) in [6.45, 7) is 9.01. The standard InChI is InChI=1S/C22H27N5O2.ClH/c1-3-27-15-17(13-23-27)21-12-19(18-6-4-5-7-20(18)25-21)22(28)24-16(2)14-26-8-10-29-11-9-26;/h4-7,12-13,15-16H,3,8-11,14H2,1-2H3,(H,24,28);1H. The predicted octanol–water partition coefficient (Wildman–Crippen LogP) is 2.99. The number of carbonyl (C=O) groups is 1. The van der Waals surface area contributed by atoms with Crippen molar-refractivity contribution in [3.63, 3.8) is 0 Å². The summed E-state index contributed by atoms with van der Waals surface area (Å²) in [5.41, 5.74) is 3.12. The van der Waals surface area contributed by atoms with Crippen LogP contribution in [-0.2, 0) is 11.3 Å². The highest BCUT2D eigenvalue weighted by Gasteiger charge is 2.19. The summed E-state index contributed by atoms with van der Waals surface area (Å²) in [6.07, 6.45) is 3.75. The maximum absolute atomic E-state index is 13.2. The van der Waals surface area contributed by atoms with Crippen LogP contribution in [0.5, 0.6) is 0 Å². The zero-order valence-electron chi connectivity index (χ0n) is 17.4. The lowest BCUT2D eigenvalue weighted by Crippen LogP contribution is -2.46. The van der Waals surface area contributed by atoms with Crippen LogP contribution in [0.3, 0.4) is 0 Å². The lowest BCUT2D eigenvalue weighted by molar-refractivity contribution is 0.0342. The quantitative estimate of drug-likeness (QED) is 0.652. The average molecular weight is 430 g/mol. The van der Waals surface area contributed by atoms with Crippen LogP contribution in [0.2, 0.25) is 0 Å². The van der Waals surface area contributed by atoms with E-state index in [2.05, 4.69) is 15.3 Å². The molecule has 1 amide bonds. The van der Waals surface area contributed by atoms with E-state index in [0.29, 0.717) is 5.56 Å². The summed E-state index contributed by atoms with van der Waals surface area (Å²) in [4.78, 5) is 20.2. The number of halogens is 1. The fourth-order valence-corrected chi connectivity index (χ4v) is 3.70. The second kappa shape index (κ2) is 10.0. The third-order valence-electron chi connectivity index (χ3n) is 5.23. The lowest BCUT2D eigenvalue weighted by Gasteiger charge is -2.29. The molecular formula is C22H28ClN5O2. The van der Waals surface area contributed by atoms with E-state index in [4.69, 9.17) is 9.72 Å². The van der Waals surface area contributed by atoms with Crippen LogP contribution in [0, 0.1) is 0 Å². The molecule has 7 nitrogen and oxygen atoms in total. The van der Waals surface area contributed by atoms with E-state index in [1.807, 2.05) is 55.1 Å². The summed E-state index contributed by atoms with van der Waals surface area (Å²) in [5.74, 6) is -0.0755. The number of hydrogen-bond donors (Lipinski definition) is 1. The van der Waals surface area contributed by atoms with Crippen molar-refractivity contribution in [1.82, 2.24) is 25.0 Å². The maximum atomic E-state index is 13.2. The zero-order valence-corrected chi connectivity index (χ0v) is 18.2. The van der Waals surface area contributed by atoms with Gasteiger partial charge in [-0.15, -0.1) is 12.4 Å². The minimum Gasteiger partial charge on any atom is -0.379 e. The second-order valence-electron chi connectivity index (χ2n) is 7.44. The smallest absolute Gasteiger partial charge is 0.252 e. The number of aromatic nitrogens is 3. The van der Waals surface area contributed by atoms with Crippen LogP contribution in [0.4, 0.5) is 0 Å². The predicted molar refractivity (Wildman–Crippen MR) is 120 cm³/mol. The number of fused-ring (bicyclic) bond motifs is 1. The van der Waals surface area contributed by atoms with E-state index in [1.165, 1.54) is 0 Å². The number of nitrogens with zero attached hydrogens (tertiary/aromatic N) is 4. The van der Waals surface area contributed by atoms with Gasteiger partial charge in [0.2, 0.25) is 0 Å². The average Bonchev–Trinajstić information content (AvgIpc) is 3.23. The highest BCUT2D eigenvalue weighted by Crippen LogP contribution is 2.24. The first-order chi connectivity index (χ1) is 14.1. The first kappa shape index (κ1) is 22.2. The van der Waals surface area contributed by atoms with E-state index in [0.717, 1.165) is 61.6 Å². The Morgan fingerprint density at radius 1 is 1.27 bits per heavy atom. The van der Waals surface area contributed by atoms with Crippen molar-refractivity contribution in [2.24, 2.45) is 0 Å². The molecule has 1 atom stereocenters. The van der Waals surface area contributed by atoms with Crippen molar-refractivity contribution in [3.05, 3.63) is 48.3 Å². The summed E-state index contributed by atoms with van der Waals surface area (Å²) in [6, 6.07) is 9.68. The molecule has 1 N–H and O–H groups in total. The molecule has 3 aromatic rings. The Morgan fingerprint density at radius 3 is 2.77 bits per heavy atom. The van der Waals surface area contributed by atoms with Crippen molar-refractivity contribution >= 4 is 29.2 Å². The molecule has 1 aromatic carbocycles. The number of rotatable bonds is 6. The van der Waals surface area contributed by atoms with Crippen molar-refractivity contribution in [3.8, 4) is 11.3 Å². The van der Waals surface area contributed by atoms with Gasteiger partial charge in [0, 0.05) is 49.4 Å². The summed E-state index contributed by atoms with van der Waals surface area (Å²) >= 11 is 0. The molecule has 30 heavy (non-hydrogen) atoms. The molecule has 0 spiro atoms. The van der Waals surface area contributed by atoms with Gasteiger partial charge < -0.3 is 10.1 Å². The van der Waals surface area contributed by atoms with Crippen molar-refractivity contribution in [1.29, 1.82) is 0 Å². The van der Waals surface area contributed by atoms with Crippen LogP contribution in [-0.4, -0.2) is 64.5 Å². The third kappa shape index (κ3) is 4.98. The van der Waals surface area contributed by atoms with Crippen molar-refractivity contribution in [2.75, 3.05) is 32.8 Å². The van der Waals surface area contributed by atoms with Crippen LogP contribution in [0.25, 0.3) is 22.2 Å². The maximum Gasteiger partial charge on any atom is 0.252 e. The Bertz CT molecular complexity index is 1000.